The van der Waals surface area contributed by atoms with Crippen LogP contribution in [0.15, 0.2) is 18.2 Å². The van der Waals surface area contributed by atoms with Crippen molar-refractivity contribution in [3.05, 3.63) is 23.8 Å². The van der Waals surface area contributed by atoms with Crippen LogP contribution in [0.25, 0.3) is 0 Å². The Morgan fingerprint density at radius 1 is 1.16 bits per heavy atom. The zero-order valence-electron chi connectivity index (χ0n) is 9.21. The maximum absolute atomic E-state index is 12.7. The first kappa shape index (κ1) is 15.8. The number of ether oxygens (including phenoxy) is 2. The first-order chi connectivity index (χ1) is 8.16. The number of halogens is 6. The molecular weight excluding hydrogens is 297 g/mol. The van der Waals surface area contributed by atoms with Crippen molar-refractivity contribution in [2.24, 2.45) is 5.73 Å². The number of hydrogen-bond acceptors (Lipinski definition) is 3. The molecule has 108 valence electrons. The maximum Gasteiger partial charge on any atom is 0.586 e. The van der Waals surface area contributed by atoms with Crippen LogP contribution in [-0.4, -0.2) is 12.5 Å². The van der Waals surface area contributed by atoms with Gasteiger partial charge in [-0.05, 0) is 17.7 Å². The zero-order chi connectivity index (χ0) is 13.6. The molecule has 1 heterocycles. The highest BCUT2D eigenvalue weighted by Crippen LogP contribution is 2.42. The molecule has 1 aliphatic heterocycles. The van der Waals surface area contributed by atoms with Crippen LogP contribution in [0.2, 0.25) is 0 Å². The minimum atomic E-state index is -4.43. The third kappa shape index (κ3) is 3.84. The van der Waals surface area contributed by atoms with E-state index in [1.165, 1.54) is 6.07 Å². The van der Waals surface area contributed by atoms with E-state index < -0.39 is 24.9 Å². The SMILES string of the molecule is Cl.N[C@@H](CC(F)(F)F)c1ccc2c(c1)OC(F)(F)O2. The highest BCUT2D eigenvalue weighted by Gasteiger charge is 2.43. The molecule has 0 aliphatic carbocycles. The molecule has 0 amide bonds. The molecule has 3 nitrogen and oxygen atoms in total. The van der Waals surface area contributed by atoms with E-state index in [2.05, 4.69) is 9.47 Å². The molecule has 0 bridgehead atoms. The first-order valence-electron chi connectivity index (χ1n) is 4.88. The van der Waals surface area contributed by atoms with E-state index in [-0.39, 0.29) is 29.5 Å². The molecule has 1 aliphatic rings. The molecule has 9 heteroatoms. The third-order valence-corrected chi connectivity index (χ3v) is 2.30. The second-order valence-electron chi connectivity index (χ2n) is 3.80. The van der Waals surface area contributed by atoms with Gasteiger partial charge >= 0.3 is 12.5 Å². The molecule has 19 heavy (non-hydrogen) atoms. The average molecular weight is 306 g/mol. The van der Waals surface area contributed by atoms with Crippen LogP contribution in [0.4, 0.5) is 22.0 Å². The standard InChI is InChI=1S/C10H8F5NO2.ClH/c11-9(12,13)4-6(16)5-1-2-7-8(3-5)18-10(14,15)17-7;/h1-3,6H,4,16H2;1H/t6-;/m0./s1. The number of alkyl halides is 5. The molecular formula is C10H9ClF5NO2. The Morgan fingerprint density at radius 2 is 1.74 bits per heavy atom. The quantitative estimate of drug-likeness (QED) is 0.852. The largest absolute Gasteiger partial charge is 0.586 e. The van der Waals surface area contributed by atoms with Crippen LogP contribution in [-0.2, 0) is 0 Å². The van der Waals surface area contributed by atoms with Crippen LogP contribution in [0.5, 0.6) is 11.5 Å². The number of benzene rings is 1. The van der Waals surface area contributed by atoms with E-state index in [0.29, 0.717) is 0 Å². The second-order valence-corrected chi connectivity index (χ2v) is 3.80. The summed E-state index contributed by atoms with van der Waals surface area (Å²) in [6.07, 6.45) is -9.47. The van der Waals surface area contributed by atoms with E-state index >= 15 is 0 Å². The molecule has 0 aromatic heterocycles. The topological polar surface area (TPSA) is 44.5 Å². The van der Waals surface area contributed by atoms with Gasteiger partial charge in [-0.15, -0.1) is 21.2 Å². The minimum Gasteiger partial charge on any atom is -0.395 e. The van der Waals surface area contributed by atoms with Crippen LogP contribution in [0.3, 0.4) is 0 Å². The Balaban J connectivity index is 0.00000180. The van der Waals surface area contributed by atoms with Crippen LogP contribution < -0.4 is 15.2 Å². The van der Waals surface area contributed by atoms with Crippen LogP contribution >= 0.6 is 12.4 Å². The van der Waals surface area contributed by atoms with Crippen LogP contribution in [0, 0.1) is 0 Å². The predicted molar refractivity (Wildman–Crippen MR) is 57.5 cm³/mol. The number of fused-ring (bicyclic) bond motifs is 1. The Kier molecular flexibility index (Phi) is 4.16. The lowest BCUT2D eigenvalue weighted by Crippen LogP contribution is -2.26. The van der Waals surface area contributed by atoms with E-state index in [1.807, 2.05) is 0 Å². The van der Waals surface area contributed by atoms with Crippen molar-refractivity contribution in [1.29, 1.82) is 0 Å². The van der Waals surface area contributed by atoms with Gasteiger partial charge in [-0.2, -0.15) is 13.2 Å². The van der Waals surface area contributed by atoms with Gasteiger partial charge in [-0.3, -0.25) is 0 Å². The van der Waals surface area contributed by atoms with Crippen molar-refractivity contribution in [3.63, 3.8) is 0 Å². The van der Waals surface area contributed by atoms with Gasteiger partial charge in [0.05, 0.1) is 6.42 Å². The molecule has 2 N–H and O–H groups in total. The second kappa shape index (κ2) is 5.01. The lowest BCUT2D eigenvalue weighted by Gasteiger charge is -2.14. The van der Waals surface area contributed by atoms with Crippen molar-refractivity contribution >= 4 is 12.4 Å². The summed E-state index contributed by atoms with van der Waals surface area (Å²) in [6, 6.07) is 1.97. The van der Waals surface area contributed by atoms with E-state index in [1.54, 1.807) is 0 Å². The normalized spacial score (nSPS) is 17.8. The first-order valence-corrected chi connectivity index (χ1v) is 4.88. The van der Waals surface area contributed by atoms with Gasteiger partial charge in [-0.1, -0.05) is 6.07 Å². The smallest absolute Gasteiger partial charge is 0.395 e. The predicted octanol–water partition coefficient (Wildman–Crippen LogP) is 3.38. The van der Waals surface area contributed by atoms with Crippen LogP contribution in [0.1, 0.15) is 18.0 Å². The molecule has 0 saturated heterocycles. The molecule has 0 radical (unpaired) electrons. The maximum atomic E-state index is 12.7. The van der Waals surface area contributed by atoms with Gasteiger partial charge < -0.3 is 15.2 Å². The summed E-state index contributed by atoms with van der Waals surface area (Å²) in [5, 5.41) is 0. The lowest BCUT2D eigenvalue weighted by molar-refractivity contribution is -0.286. The summed E-state index contributed by atoms with van der Waals surface area (Å²) >= 11 is 0. The Bertz CT molecular complexity index is 466. The highest BCUT2D eigenvalue weighted by molar-refractivity contribution is 5.85. The molecule has 2 rings (SSSR count). The van der Waals surface area contributed by atoms with Crippen molar-refractivity contribution < 1.29 is 31.4 Å². The van der Waals surface area contributed by atoms with Crippen molar-refractivity contribution in [3.8, 4) is 11.5 Å². The van der Waals surface area contributed by atoms with Gasteiger partial charge in [0, 0.05) is 6.04 Å². The summed E-state index contributed by atoms with van der Waals surface area (Å²) in [6.45, 7) is 0. The fourth-order valence-electron chi connectivity index (χ4n) is 1.56. The summed E-state index contributed by atoms with van der Waals surface area (Å²) in [4.78, 5) is 0. The van der Waals surface area contributed by atoms with Gasteiger partial charge in [0.15, 0.2) is 11.5 Å². The fourth-order valence-corrected chi connectivity index (χ4v) is 1.56. The molecule has 0 unspecified atom stereocenters. The van der Waals surface area contributed by atoms with E-state index in [9.17, 15) is 22.0 Å². The monoisotopic (exact) mass is 305 g/mol. The molecule has 1 atom stereocenters. The molecule has 0 saturated carbocycles. The minimum absolute atomic E-state index is 0. The van der Waals surface area contributed by atoms with Gasteiger partial charge in [-0.25, -0.2) is 0 Å². The average Bonchev–Trinajstić information content (AvgIpc) is 2.47. The van der Waals surface area contributed by atoms with Crippen molar-refractivity contribution in [2.45, 2.75) is 24.9 Å². The molecule has 0 fully saturated rings. The third-order valence-electron chi connectivity index (χ3n) is 2.30. The Labute approximate surface area is 110 Å². The highest BCUT2D eigenvalue weighted by atomic mass is 35.5. The summed E-state index contributed by atoms with van der Waals surface area (Å²) in [7, 11) is 0. The number of rotatable bonds is 2. The van der Waals surface area contributed by atoms with Gasteiger partial charge in [0.2, 0.25) is 0 Å². The lowest BCUT2D eigenvalue weighted by atomic mass is 10.0. The fraction of sp³-hybridized carbons (Fsp3) is 0.400. The molecule has 1 aromatic carbocycles. The van der Waals surface area contributed by atoms with E-state index in [4.69, 9.17) is 5.73 Å². The Morgan fingerprint density at radius 3 is 2.32 bits per heavy atom. The van der Waals surface area contributed by atoms with Gasteiger partial charge in [0.1, 0.15) is 0 Å². The number of hydrogen-bond donors (Lipinski definition) is 1. The summed E-state index contributed by atoms with van der Waals surface area (Å²) < 4.78 is 70.0. The summed E-state index contributed by atoms with van der Waals surface area (Å²) in [5.74, 6) is -0.557. The Hall–Kier alpha value is -1.28. The molecule has 1 aromatic rings. The zero-order valence-corrected chi connectivity index (χ0v) is 10.0. The van der Waals surface area contributed by atoms with Crippen molar-refractivity contribution in [1.82, 2.24) is 0 Å². The van der Waals surface area contributed by atoms with E-state index in [0.717, 1.165) is 12.1 Å². The van der Waals surface area contributed by atoms with Gasteiger partial charge in [0.25, 0.3) is 0 Å². The van der Waals surface area contributed by atoms with Crippen molar-refractivity contribution in [2.75, 3.05) is 0 Å². The summed E-state index contributed by atoms with van der Waals surface area (Å²) in [5.41, 5.74) is 5.39. The number of nitrogens with two attached hydrogens (primary N) is 1. The molecule has 0 spiro atoms.